The summed E-state index contributed by atoms with van der Waals surface area (Å²) in [5.74, 6) is 0. The van der Waals surface area contributed by atoms with Crippen molar-refractivity contribution < 1.29 is 4.79 Å². The minimum atomic E-state index is -0.209. The van der Waals surface area contributed by atoms with Crippen LogP contribution in [0, 0.1) is 0 Å². The molecule has 0 saturated heterocycles. The summed E-state index contributed by atoms with van der Waals surface area (Å²) in [5, 5.41) is 5.78. The van der Waals surface area contributed by atoms with E-state index in [-0.39, 0.29) is 18.1 Å². The van der Waals surface area contributed by atoms with E-state index in [1.165, 1.54) is 22.7 Å². The fraction of sp³-hybridized carbons (Fsp3) is 0.308. The van der Waals surface area contributed by atoms with E-state index in [2.05, 4.69) is 10.6 Å². The Morgan fingerprint density at radius 3 is 1.65 bits per heavy atom. The maximum Gasteiger partial charge on any atom is 0.315 e. The predicted molar refractivity (Wildman–Crippen MR) is 87.2 cm³/mol. The van der Waals surface area contributed by atoms with Gasteiger partial charge < -0.3 is 10.6 Å². The number of rotatable bonds is 4. The standard InChI is InChI=1S/C13H14Cl2N2OS2/c1-7(9-3-5-11(14)19-9)16-13(18)17-8(2)10-4-6-12(15)20-10/h3-8H,1-2H3,(H2,16,17,18)/t7-,8-/m1/s1. The Bertz CT molecular complexity index is 546. The molecule has 3 nitrogen and oxygen atoms in total. The van der Waals surface area contributed by atoms with E-state index >= 15 is 0 Å². The summed E-state index contributed by atoms with van der Waals surface area (Å²) in [6, 6.07) is 7.13. The summed E-state index contributed by atoms with van der Waals surface area (Å²) in [4.78, 5) is 14.0. The van der Waals surface area contributed by atoms with Crippen molar-refractivity contribution in [3.05, 3.63) is 42.7 Å². The molecule has 0 aromatic carbocycles. The summed E-state index contributed by atoms with van der Waals surface area (Å²) in [6.07, 6.45) is 0. The molecule has 2 aromatic heterocycles. The van der Waals surface area contributed by atoms with Crippen LogP contribution in [0.15, 0.2) is 24.3 Å². The normalized spacial score (nSPS) is 13.8. The predicted octanol–water partition coefficient (Wildman–Crippen LogP) is 5.24. The highest BCUT2D eigenvalue weighted by Crippen LogP contribution is 2.28. The van der Waals surface area contributed by atoms with Crippen LogP contribution in [-0.2, 0) is 0 Å². The molecule has 0 saturated carbocycles. The smallest absolute Gasteiger partial charge is 0.315 e. The molecular formula is C13H14Cl2N2OS2. The zero-order valence-corrected chi connectivity index (χ0v) is 14.1. The molecule has 2 amide bonds. The largest absolute Gasteiger partial charge is 0.331 e. The second-order valence-corrected chi connectivity index (χ2v) is 7.84. The highest BCUT2D eigenvalue weighted by molar-refractivity contribution is 7.16. The maximum absolute atomic E-state index is 11.9. The van der Waals surface area contributed by atoms with Gasteiger partial charge in [-0.25, -0.2) is 4.79 Å². The van der Waals surface area contributed by atoms with Crippen LogP contribution in [0.5, 0.6) is 0 Å². The Kier molecular flexibility index (Phi) is 5.32. The molecule has 0 aliphatic carbocycles. The van der Waals surface area contributed by atoms with Gasteiger partial charge in [-0.15, -0.1) is 22.7 Å². The molecule has 0 aliphatic rings. The third-order valence-corrected chi connectivity index (χ3v) is 5.56. The number of carbonyl (C=O) groups is 1. The second kappa shape index (κ2) is 6.80. The van der Waals surface area contributed by atoms with Gasteiger partial charge in [0, 0.05) is 9.75 Å². The lowest BCUT2D eigenvalue weighted by Crippen LogP contribution is -2.38. The van der Waals surface area contributed by atoms with Crippen LogP contribution < -0.4 is 10.6 Å². The van der Waals surface area contributed by atoms with Gasteiger partial charge in [0.15, 0.2) is 0 Å². The Morgan fingerprint density at radius 2 is 1.35 bits per heavy atom. The van der Waals surface area contributed by atoms with E-state index in [1.54, 1.807) is 0 Å². The number of hydrogen-bond donors (Lipinski definition) is 2. The number of amides is 2. The molecule has 20 heavy (non-hydrogen) atoms. The minimum absolute atomic E-state index is 0.0772. The van der Waals surface area contributed by atoms with Gasteiger partial charge in [-0.1, -0.05) is 23.2 Å². The molecule has 0 bridgehead atoms. The third-order valence-electron chi connectivity index (χ3n) is 2.74. The summed E-state index contributed by atoms with van der Waals surface area (Å²) < 4.78 is 1.44. The van der Waals surface area contributed by atoms with Gasteiger partial charge >= 0.3 is 6.03 Å². The van der Waals surface area contributed by atoms with E-state index < -0.39 is 0 Å². The molecule has 0 spiro atoms. The van der Waals surface area contributed by atoms with E-state index in [0.29, 0.717) is 0 Å². The number of halogens is 2. The molecular weight excluding hydrogens is 335 g/mol. The van der Waals surface area contributed by atoms with Crippen molar-refractivity contribution in [3.8, 4) is 0 Å². The van der Waals surface area contributed by atoms with Gasteiger partial charge in [-0.3, -0.25) is 0 Å². The van der Waals surface area contributed by atoms with E-state index in [0.717, 1.165) is 18.4 Å². The topological polar surface area (TPSA) is 41.1 Å². The molecule has 0 fully saturated rings. The van der Waals surface area contributed by atoms with Gasteiger partial charge in [0.05, 0.1) is 20.8 Å². The highest BCUT2D eigenvalue weighted by atomic mass is 35.5. The number of nitrogens with one attached hydrogen (secondary N) is 2. The SMILES string of the molecule is C[C@@H](NC(=O)N[C@H](C)c1ccc(Cl)s1)c1ccc(Cl)s1. The quantitative estimate of drug-likeness (QED) is 0.779. The van der Waals surface area contributed by atoms with Crippen molar-refractivity contribution in [1.82, 2.24) is 10.6 Å². The first-order chi connectivity index (χ1) is 9.45. The van der Waals surface area contributed by atoms with Crippen LogP contribution in [0.2, 0.25) is 8.67 Å². The minimum Gasteiger partial charge on any atom is -0.331 e. The number of carbonyl (C=O) groups excluding carboxylic acids is 1. The number of urea groups is 1. The molecule has 2 rings (SSSR count). The Balaban J connectivity index is 1.89. The lowest BCUT2D eigenvalue weighted by molar-refractivity contribution is 0.235. The first kappa shape index (κ1) is 15.6. The Labute approximate surface area is 135 Å². The molecule has 2 aromatic rings. The highest BCUT2D eigenvalue weighted by Gasteiger charge is 2.15. The molecule has 2 heterocycles. The van der Waals surface area contributed by atoms with E-state index in [4.69, 9.17) is 23.2 Å². The molecule has 108 valence electrons. The van der Waals surface area contributed by atoms with Crippen LogP contribution in [0.3, 0.4) is 0 Å². The maximum atomic E-state index is 11.9. The van der Waals surface area contributed by atoms with Crippen molar-refractivity contribution in [2.45, 2.75) is 25.9 Å². The summed E-state index contributed by atoms with van der Waals surface area (Å²) >= 11 is 14.7. The fourth-order valence-electron chi connectivity index (χ4n) is 1.70. The summed E-state index contributed by atoms with van der Waals surface area (Å²) in [5.41, 5.74) is 0. The number of thiophene rings is 2. The lowest BCUT2D eigenvalue weighted by Gasteiger charge is -2.16. The van der Waals surface area contributed by atoms with Gasteiger partial charge in [0.1, 0.15) is 0 Å². The fourth-order valence-corrected chi connectivity index (χ4v) is 3.83. The van der Waals surface area contributed by atoms with Crippen LogP contribution >= 0.6 is 45.9 Å². The van der Waals surface area contributed by atoms with Gasteiger partial charge in [0.2, 0.25) is 0 Å². The monoisotopic (exact) mass is 348 g/mol. The molecule has 7 heteroatoms. The third kappa shape index (κ3) is 4.12. The lowest BCUT2D eigenvalue weighted by atomic mass is 10.2. The van der Waals surface area contributed by atoms with Gasteiger partial charge in [-0.05, 0) is 38.1 Å². The Morgan fingerprint density at radius 1 is 0.950 bits per heavy atom. The summed E-state index contributed by atoms with van der Waals surface area (Å²) in [7, 11) is 0. The van der Waals surface area contributed by atoms with Crippen molar-refractivity contribution in [1.29, 1.82) is 0 Å². The van der Waals surface area contributed by atoms with Gasteiger partial charge in [-0.2, -0.15) is 0 Å². The average molecular weight is 349 g/mol. The Hall–Kier alpha value is -0.750. The first-order valence-electron chi connectivity index (χ1n) is 6.03. The van der Waals surface area contributed by atoms with Gasteiger partial charge in [0.25, 0.3) is 0 Å². The molecule has 2 N–H and O–H groups in total. The van der Waals surface area contributed by atoms with Crippen LogP contribution in [0.4, 0.5) is 4.79 Å². The molecule has 0 radical (unpaired) electrons. The van der Waals surface area contributed by atoms with E-state index in [9.17, 15) is 4.79 Å². The van der Waals surface area contributed by atoms with Crippen molar-refractivity contribution in [2.24, 2.45) is 0 Å². The average Bonchev–Trinajstić information content (AvgIpc) is 2.97. The second-order valence-electron chi connectivity index (χ2n) is 4.34. The van der Waals surface area contributed by atoms with Crippen molar-refractivity contribution in [2.75, 3.05) is 0 Å². The number of hydrogen-bond acceptors (Lipinski definition) is 3. The van der Waals surface area contributed by atoms with Crippen molar-refractivity contribution >= 4 is 51.9 Å². The van der Waals surface area contributed by atoms with Crippen LogP contribution in [0.1, 0.15) is 35.7 Å². The zero-order chi connectivity index (χ0) is 14.7. The van der Waals surface area contributed by atoms with Crippen LogP contribution in [0.25, 0.3) is 0 Å². The van der Waals surface area contributed by atoms with Crippen LogP contribution in [-0.4, -0.2) is 6.03 Å². The first-order valence-corrected chi connectivity index (χ1v) is 8.42. The van der Waals surface area contributed by atoms with Crippen molar-refractivity contribution in [3.63, 3.8) is 0 Å². The molecule has 2 atom stereocenters. The molecule has 0 aliphatic heterocycles. The zero-order valence-electron chi connectivity index (χ0n) is 10.9. The molecule has 0 unspecified atom stereocenters. The van der Waals surface area contributed by atoms with E-state index in [1.807, 2.05) is 38.1 Å². The summed E-state index contributed by atoms with van der Waals surface area (Å²) in [6.45, 7) is 3.85.